The Hall–Kier alpha value is -5.60. The lowest BCUT2D eigenvalue weighted by molar-refractivity contribution is 0.660. The zero-order valence-corrected chi connectivity index (χ0v) is 25.4. The number of fused-ring (bicyclic) bond motifs is 3. The fourth-order valence-electron chi connectivity index (χ4n) is 6.94. The van der Waals surface area contributed by atoms with Gasteiger partial charge in [0.1, 0.15) is 0 Å². The van der Waals surface area contributed by atoms with E-state index in [1.165, 1.54) is 44.5 Å². The van der Waals surface area contributed by atoms with Crippen molar-refractivity contribution in [3.8, 4) is 67.3 Å². The molecule has 6 aromatic carbocycles. The molecule has 0 amide bonds. The molecule has 1 heterocycles. The molecule has 2 heteroatoms. The van der Waals surface area contributed by atoms with Gasteiger partial charge < -0.3 is 0 Å². The van der Waals surface area contributed by atoms with Gasteiger partial charge in [0.15, 0.2) is 5.82 Å². The number of nitrogens with zero attached hydrogens (tertiary/aromatic N) is 2. The molecule has 0 aliphatic heterocycles. The molecule has 0 bridgehead atoms. The van der Waals surface area contributed by atoms with Crippen molar-refractivity contribution in [3.05, 3.63) is 169 Å². The second-order valence-electron chi connectivity index (χ2n) is 12.2. The summed E-state index contributed by atoms with van der Waals surface area (Å²) in [6.07, 6.45) is 0. The summed E-state index contributed by atoms with van der Waals surface area (Å²) in [7, 11) is 0. The summed E-state index contributed by atoms with van der Waals surface area (Å²) in [5.41, 5.74) is 15.0. The van der Waals surface area contributed by atoms with Gasteiger partial charge in [0.05, 0.1) is 11.4 Å². The van der Waals surface area contributed by atoms with E-state index in [0.717, 1.165) is 28.1 Å². The SMILES string of the molecule is CC1(C)c2ccccc2-c2c(-c3c(-c4ccccc4)cccc3-c3cc(-c4ccccc4)nc(-c4ccccc4)n3)cccc21. The molecule has 0 saturated carbocycles. The van der Waals surface area contributed by atoms with Gasteiger partial charge in [-0.05, 0) is 50.6 Å². The van der Waals surface area contributed by atoms with Gasteiger partial charge >= 0.3 is 0 Å². The number of benzene rings is 6. The molecular weight excluding hydrogens is 544 g/mol. The molecule has 0 spiro atoms. The Morgan fingerprint density at radius 1 is 0.378 bits per heavy atom. The van der Waals surface area contributed by atoms with Gasteiger partial charge in [-0.15, -0.1) is 0 Å². The number of rotatable bonds is 5. The Kier molecular flexibility index (Phi) is 6.50. The van der Waals surface area contributed by atoms with E-state index in [0.29, 0.717) is 5.82 Å². The van der Waals surface area contributed by atoms with Crippen molar-refractivity contribution in [2.45, 2.75) is 19.3 Å². The lowest BCUT2D eigenvalue weighted by Gasteiger charge is -2.22. The van der Waals surface area contributed by atoms with E-state index in [2.05, 4.69) is 147 Å². The van der Waals surface area contributed by atoms with E-state index in [1.54, 1.807) is 0 Å². The van der Waals surface area contributed by atoms with Crippen LogP contribution in [-0.4, -0.2) is 9.97 Å². The van der Waals surface area contributed by atoms with E-state index < -0.39 is 0 Å². The average Bonchev–Trinajstić information content (AvgIpc) is 3.35. The Morgan fingerprint density at radius 2 is 0.889 bits per heavy atom. The van der Waals surface area contributed by atoms with Crippen LogP contribution in [0.1, 0.15) is 25.0 Å². The molecule has 8 rings (SSSR count). The molecule has 0 saturated heterocycles. The summed E-state index contributed by atoms with van der Waals surface area (Å²) in [5, 5.41) is 0. The van der Waals surface area contributed by atoms with Crippen LogP contribution in [0.2, 0.25) is 0 Å². The molecule has 45 heavy (non-hydrogen) atoms. The molecule has 1 aliphatic rings. The number of hydrogen-bond donors (Lipinski definition) is 0. The monoisotopic (exact) mass is 576 g/mol. The summed E-state index contributed by atoms with van der Waals surface area (Å²) in [4.78, 5) is 10.4. The first-order chi connectivity index (χ1) is 22.1. The standard InChI is InChI=1S/C43H32N2/c1-43(2)36-26-13-12-22-33(36)41-35(25-15-27-37(41)43)40-32(29-16-6-3-7-17-29)23-14-24-34(40)39-28-38(30-18-8-4-9-19-30)44-42(45-39)31-20-10-5-11-21-31/h3-28H,1-2H3. The fraction of sp³-hybridized carbons (Fsp3) is 0.0698. The zero-order valence-electron chi connectivity index (χ0n) is 25.4. The molecule has 0 fully saturated rings. The minimum absolute atomic E-state index is 0.0976. The van der Waals surface area contributed by atoms with Crippen LogP contribution < -0.4 is 0 Å². The van der Waals surface area contributed by atoms with Gasteiger partial charge in [0.2, 0.25) is 0 Å². The Morgan fingerprint density at radius 3 is 1.62 bits per heavy atom. The Balaban J connectivity index is 1.46. The minimum Gasteiger partial charge on any atom is -0.228 e. The van der Waals surface area contributed by atoms with E-state index in [-0.39, 0.29) is 5.41 Å². The topological polar surface area (TPSA) is 25.8 Å². The second kappa shape index (κ2) is 10.8. The molecule has 1 aliphatic carbocycles. The molecule has 0 atom stereocenters. The van der Waals surface area contributed by atoms with Gasteiger partial charge in [-0.1, -0.05) is 166 Å². The van der Waals surface area contributed by atoms with Crippen LogP contribution in [0.5, 0.6) is 0 Å². The van der Waals surface area contributed by atoms with Gasteiger partial charge in [0.25, 0.3) is 0 Å². The zero-order chi connectivity index (χ0) is 30.4. The highest BCUT2D eigenvalue weighted by atomic mass is 14.9. The molecule has 2 nitrogen and oxygen atoms in total. The van der Waals surface area contributed by atoms with Crippen molar-refractivity contribution in [1.29, 1.82) is 0 Å². The van der Waals surface area contributed by atoms with Crippen molar-refractivity contribution in [3.63, 3.8) is 0 Å². The van der Waals surface area contributed by atoms with Gasteiger partial charge in [-0.2, -0.15) is 0 Å². The lowest BCUT2D eigenvalue weighted by Crippen LogP contribution is -2.14. The number of hydrogen-bond acceptors (Lipinski definition) is 2. The van der Waals surface area contributed by atoms with Crippen LogP contribution in [-0.2, 0) is 5.41 Å². The third-order valence-electron chi connectivity index (χ3n) is 9.13. The van der Waals surface area contributed by atoms with Gasteiger partial charge in [-0.25, -0.2) is 9.97 Å². The molecule has 0 unspecified atom stereocenters. The van der Waals surface area contributed by atoms with Crippen LogP contribution in [0.25, 0.3) is 67.3 Å². The quantitative estimate of drug-likeness (QED) is 0.204. The van der Waals surface area contributed by atoms with Crippen LogP contribution in [0.4, 0.5) is 0 Å². The van der Waals surface area contributed by atoms with E-state index in [9.17, 15) is 0 Å². The summed E-state index contributed by atoms with van der Waals surface area (Å²) in [6.45, 7) is 4.68. The predicted octanol–water partition coefficient (Wildman–Crippen LogP) is 11.1. The number of aromatic nitrogens is 2. The highest BCUT2D eigenvalue weighted by molar-refractivity contribution is 6.02. The molecule has 0 radical (unpaired) electrons. The maximum absolute atomic E-state index is 5.28. The fourth-order valence-corrected chi connectivity index (χ4v) is 6.94. The molecule has 1 aromatic heterocycles. The first-order valence-electron chi connectivity index (χ1n) is 15.5. The Labute approximate surface area is 264 Å². The predicted molar refractivity (Wildman–Crippen MR) is 187 cm³/mol. The third-order valence-corrected chi connectivity index (χ3v) is 9.13. The van der Waals surface area contributed by atoms with E-state index in [4.69, 9.17) is 9.97 Å². The van der Waals surface area contributed by atoms with Crippen molar-refractivity contribution in [2.24, 2.45) is 0 Å². The maximum Gasteiger partial charge on any atom is 0.160 e. The molecule has 7 aromatic rings. The second-order valence-corrected chi connectivity index (χ2v) is 12.2. The Bertz CT molecular complexity index is 2110. The summed E-state index contributed by atoms with van der Waals surface area (Å²) in [6, 6.07) is 55.9. The largest absolute Gasteiger partial charge is 0.228 e. The first kappa shape index (κ1) is 27.0. The van der Waals surface area contributed by atoms with Crippen LogP contribution >= 0.6 is 0 Å². The van der Waals surface area contributed by atoms with Crippen molar-refractivity contribution in [1.82, 2.24) is 9.97 Å². The van der Waals surface area contributed by atoms with E-state index >= 15 is 0 Å². The van der Waals surface area contributed by atoms with Crippen LogP contribution in [0.15, 0.2) is 158 Å². The lowest BCUT2D eigenvalue weighted by atomic mass is 9.81. The normalized spacial score (nSPS) is 12.8. The van der Waals surface area contributed by atoms with Crippen LogP contribution in [0, 0.1) is 0 Å². The van der Waals surface area contributed by atoms with Crippen molar-refractivity contribution < 1.29 is 0 Å². The van der Waals surface area contributed by atoms with Crippen molar-refractivity contribution in [2.75, 3.05) is 0 Å². The third kappa shape index (κ3) is 4.58. The smallest absolute Gasteiger partial charge is 0.160 e. The first-order valence-corrected chi connectivity index (χ1v) is 15.5. The highest BCUT2D eigenvalue weighted by Crippen LogP contribution is 2.54. The molecular formula is C43H32N2. The van der Waals surface area contributed by atoms with Crippen LogP contribution in [0.3, 0.4) is 0 Å². The van der Waals surface area contributed by atoms with Gasteiger partial charge in [0, 0.05) is 22.1 Å². The van der Waals surface area contributed by atoms with Gasteiger partial charge in [-0.3, -0.25) is 0 Å². The molecule has 0 N–H and O–H groups in total. The average molecular weight is 577 g/mol. The summed E-state index contributed by atoms with van der Waals surface area (Å²) in [5.74, 6) is 0.716. The van der Waals surface area contributed by atoms with Crippen molar-refractivity contribution >= 4 is 0 Å². The van der Waals surface area contributed by atoms with E-state index in [1.807, 2.05) is 24.3 Å². The minimum atomic E-state index is -0.0976. The highest BCUT2D eigenvalue weighted by Gasteiger charge is 2.37. The summed E-state index contributed by atoms with van der Waals surface area (Å²) < 4.78 is 0. The molecule has 214 valence electrons. The summed E-state index contributed by atoms with van der Waals surface area (Å²) >= 11 is 0. The maximum atomic E-state index is 5.28.